The number of hydrogen-bond donors (Lipinski definition) is 0. The summed E-state index contributed by atoms with van der Waals surface area (Å²) in [5.74, 6) is 2.36. The van der Waals surface area contributed by atoms with Crippen LogP contribution >= 0.6 is 15.9 Å². The molecule has 0 aromatic heterocycles. The van der Waals surface area contributed by atoms with Gasteiger partial charge in [-0.3, -0.25) is 0 Å². The first-order chi connectivity index (χ1) is 8.58. The molecule has 0 saturated carbocycles. The van der Waals surface area contributed by atoms with E-state index in [1.807, 2.05) is 12.1 Å². The molecule has 0 N–H and O–H groups in total. The number of rotatable bonds is 7. The van der Waals surface area contributed by atoms with E-state index < -0.39 is 0 Å². The summed E-state index contributed by atoms with van der Waals surface area (Å²) in [5.41, 5.74) is 1.25. The zero-order valence-corrected chi connectivity index (χ0v) is 13.4. The minimum Gasteiger partial charge on any atom is -0.496 e. The van der Waals surface area contributed by atoms with Gasteiger partial charge < -0.3 is 9.64 Å². The summed E-state index contributed by atoms with van der Waals surface area (Å²) in [4.78, 5) is 2.36. The SMILES string of the molecule is COc1ccccc1CN(C)CC(CBr)C(C)C. The van der Waals surface area contributed by atoms with Crippen molar-refractivity contribution in [2.24, 2.45) is 11.8 Å². The molecule has 1 aromatic carbocycles. The molecule has 1 aromatic rings. The second-order valence-corrected chi connectivity index (χ2v) is 5.81. The molecule has 2 nitrogen and oxygen atoms in total. The highest BCUT2D eigenvalue weighted by Crippen LogP contribution is 2.20. The predicted octanol–water partition coefficient (Wildman–Crippen LogP) is 3.79. The monoisotopic (exact) mass is 313 g/mol. The summed E-state index contributed by atoms with van der Waals surface area (Å²) in [6.07, 6.45) is 0. The molecule has 102 valence electrons. The molecule has 0 aliphatic carbocycles. The molecular formula is C15H24BrNO. The number of para-hydroxylation sites is 1. The van der Waals surface area contributed by atoms with Gasteiger partial charge in [0, 0.05) is 24.0 Å². The van der Waals surface area contributed by atoms with Crippen LogP contribution in [0.4, 0.5) is 0 Å². The minimum atomic E-state index is 0.685. The van der Waals surface area contributed by atoms with Crippen LogP contribution in [-0.2, 0) is 6.54 Å². The fraction of sp³-hybridized carbons (Fsp3) is 0.600. The van der Waals surface area contributed by atoms with Crippen LogP contribution in [0.2, 0.25) is 0 Å². The van der Waals surface area contributed by atoms with Crippen molar-refractivity contribution in [3.8, 4) is 5.75 Å². The lowest BCUT2D eigenvalue weighted by molar-refractivity contribution is 0.244. The number of nitrogens with zero attached hydrogens (tertiary/aromatic N) is 1. The van der Waals surface area contributed by atoms with Gasteiger partial charge in [-0.25, -0.2) is 0 Å². The molecule has 0 radical (unpaired) electrons. The topological polar surface area (TPSA) is 12.5 Å². The Morgan fingerprint density at radius 1 is 1.28 bits per heavy atom. The molecule has 0 saturated heterocycles. The number of halogens is 1. The van der Waals surface area contributed by atoms with Crippen LogP contribution < -0.4 is 4.74 Å². The standard InChI is InChI=1S/C15H24BrNO/c1-12(2)14(9-16)11-17(3)10-13-7-5-6-8-15(13)18-4/h5-8,12,14H,9-11H2,1-4H3. The van der Waals surface area contributed by atoms with E-state index in [4.69, 9.17) is 4.74 Å². The van der Waals surface area contributed by atoms with Crippen molar-refractivity contribution in [3.05, 3.63) is 29.8 Å². The average molecular weight is 314 g/mol. The molecular weight excluding hydrogens is 290 g/mol. The Bertz CT molecular complexity index is 354. The highest BCUT2D eigenvalue weighted by Gasteiger charge is 2.15. The van der Waals surface area contributed by atoms with Gasteiger partial charge in [0.25, 0.3) is 0 Å². The first-order valence-electron chi connectivity index (χ1n) is 6.44. The highest BCUT2D eigenvalue weighted by atomic mass is 79.9. The molecule has 0 heterocycles. The lowest BCUT2D eigenvalue weighted by Crippen LogP contribution is -2.29. The molecule has 0 amide bonds. The molecule has 1 unspecified atom stereocenters. The molecule has 0 spiro atoms. The summed E-state index contributed by atoms with van der Waals surface area (Å²) >= 11 is 3.61. The van der Waals surface area contributed by atoms with Crippen molar-refractivity contribution >= 4 is 15.9 Å². The van der Waals surface area contributed by atoms with Crippen LogP contribution in [0.15, 0.2) is 24.3 Å². The van der Waals surface area contributed by atoms with Gasteiger partial charge in [0.2, 0.25) is 0 Å². The zero-order valence-electron chi connectivity index (χ0n) is 11.8. The first kappa shape index (κ1) is 15.5. The van der Waals surface area contributed by atoms with Gasteiger partial charge in [0.05, 0.1) is 7.11 Å². The fourth-order valence-corrected chi connectivity index (χ4v) is 2.98. The van der Waals surface area contributed by atoms with Crippen molar-refractivity contribution in [1.82, 2.24) is 4.90 Å². The maximum Gasteiger partial charge on any atom is 0.123 e. The molecule has 3 heteroatoms. The number of ether oxygens (including phenoxy) is 1. The third kappa shape index (κ3) is 4.62. The third-order valence-corrected chi connectivity index (χ3v) is 4.15. The van der Waals surface area contributed by atoms with Crippen molar-refractivity contribution < 1.29 is 4.74 Å². The van der Waals surface area contributed by atoms with Gasteiger partial charge in [0.1, 0.15) is 5.75 Å². The number of hydrogen-bond acceptors (Lipinski definition) is 2. The Labute approximate surface area is 119 Å². The fourth-order valence-electron chi connectivity index (χ4n) is 2.03. The Hall–Kier alpha value is -0.540. The van der Waals surface area contributed by atoms with E-state index in [9.17, 15) is 0 Å². The van der Waals surface area contributed by atoms with Gasteiger partial charge in [-0.05, 0) is 24.9 Å². The highest BCUT2D eigenvalue weighted by molar-refractivity contribution is 9.09. The van der Waals surface area contributed by atoms with E-state index in [0.29, 0.717) is 11.8 Å². The van der Waals surface area contributed by atoms with Crippen LogP contribution in [0.5, 0.6) is 5.75 Å². The van der Waals surface area contributed by atoms with Crippen molar-refractivity contribution in [1.29, 1.82) is 0 Å². The van der Waals surface area contributed by atoms with Crippen LogP contribution in [0.1, 0.15) is 19.4 Å². The van der Waals surface area contributed by atoms with Gasteiger partial charge in [-0.2, -0.15) is 0 Å². The zero-order chi connectivity index (χ0) is 13.5. The number of methoxy groups -OCH3 is 1. The summed E-state index contributed by atoms with van der Waals surface area (Å²) in [5, 5.41) is 1.06. The summed E-state index contributed by atoms with van der Waals surface area (Å²) in [7, 11) is 3.90. The van der Waals surface area contributed by atoms with Crippen LogP contribution in [0.25, 0.3) is 0 Å². The lowest BCUT2D eigenvalue weighted by Gasteiger charge is -2.25. The summed E-state index contributed by atoms with van der Waals surface area (Å²) in [6.45, 7) is 6.59. The van der Waals surface area contributed by atoms with E-state index in [1.165, 1.54) is 5.56 Å². The van der Waals surface area contributed by atoms with Gasteiger partial charge in [0.15, 0.2) is 0 Å². The van der Waals surface area contributed by atoms with E-state index in [2.05, 4.69) is 53.9 Å². The summed E-state index contributed by atoms with van der Waals surface area (Å²) in [6, 6.07) is 8.23. The lowest BCUT2D eigenvalue weighted by atomic mass is 9.97. The molecule has 0 aliphatic heterocycles. The van der Waals surface area contributed by atoms with Crippen molar-refractivity contribution in [2.75, 3.05) is 26.0 Å². The van der Waals surface area contributed by atoms with E-state index in [1.54, 1.807) is 7.11 Å². The molecule has 0 fully saturated rings. The molecule has 0 bridgehead atoms. The van der Waals surface area contributed by atoms with Crippen LogP contribution in [0.3, 0.4) is 0 Å². The Kier molecular flexibility index (Phi) is 6.72. The van der Waals surface area contributed by atoms with Crippen molar-refractivity contribution in [2.45, 2.75) is 20.4 Å². The van der Waals surface area contributed by atoms with Gasteiger partial charge in [-0.15, -0.1) is 0 Å². The summed E-state index contributed by atoms with van der Waals surface area (Å²) < 4.78 is 5.39. The molecule has 18 heavy (non-hydrogen) atoms. The van der Waals surface area contributed by atoms with Crippen molar-refractivity contribution in [3.63, 3.8) is 0 Å². The normalized spacial score (nSPS) is 13.1. The Morgan fingerprint density at radius 3 is 2.50 bits per heavy atom. The predicted molar refractivity (Wildman–Crippen MR) is 81.5 cm³/mol. The second kappa shape index (κ2) is 7.80. The second-order valence-electron chi connectivity index (χ2n) is 5.17. The van der Waals surface area contributed by atoms with E-state index in [-0.39, 0.29) is 0 Å². The molecule has 1 rings (SSSR count). The van der Waals surface area contributed by atoms with Gasteiger partial charge in [-0.1, -0.05) is 48.0 Å². The third-order valence-electron chi connectivity index (χ3n) is 3.32. The quantitative estimate of drug-likeness (QED) is 0.710. The van der Waals surface area contributed by atoms with E-state index >= 15 is 0 Å². The number of alkyl halides is 1. The van der Waals surface area contributed by atoms with E-state index in [0.717, 1.165) is 24.2 Å². The minimum absolute atomic E-state index is 0.685. The number of benzene rings is 1. The largest absolute Gasteiger partial charge is 0.496 e. The molecule has 1 atom stereocenters. The Morgan fingerprint density at radius 2 is 1.94 bits per heavy atom. The smallest absolute Gasteiger partial charge is 0.123 e. The van der Waals surface area contributed by atoms with Gasteiger partial charge >= 0.3 is 0 Å². The maximum atomic E-state index is 5.39. The van der Waals surface area contributed by atoms with Crippen LogP contribution in [0, 0.1) is 11.8 Å². The maximum absolute atomic E-state index is 5.39. The average Bonchev–Trinajstić information content (AvgIpc) is 2.36. The molecule has 0 aliphatic rings. The Balaban J connectivity index is 2.61. The van der Waals surface area contributed by atoms with Crippen LogP contribution in [-0.4, -0.2) is 30.9 Å². The first-order valence-corrected chi connectivity index (χ1v) is 7.57.